The third kappa shape index (κ3) is 2.49. The Balaban J connectivity index is 0.00000128. The number of furan rings is 1. The van der Waals surface area contributed by atoms with Crippen molar-refractivity contribution in [3.8, 4) is 0 Å². The van der Waals surface area contributed by atoms with Crippen LogP contribution in [0.4, 0.5) is 0 Å². The summed E-state index contributed by atoms with van der Waals surface area (Å²) in [4.78, 5) is 12.0. The lowest BCUT2D eigenvalue weighted by molar-refractivity contribution is -0.673. The third-order valence-corrected chi connectivity index (χ3v) is 2.28. The predicted molar refractivity (Wildman–Crippen MR) is 54.5 cm³/mol. The molecule has 4 heteroatoms. The van der Waals surface area contributed by atoms with Crippen LogP contribution in [0.3, 0.4) is 0 Å². The molecule has 0 fully saturated rings. The van der Waals surface area contributed by atoms with Gasteiger partial charge in [0, 0.05) is 12.1 Å². The zero-order valence-corrected chi connectivity index (χ0v) is 11.3. The lowest BCUT2D eigenvalue weighted by atomic mass is 10.1. The van der Waals surface area contributed by atoms with E-state index in [2.05, 4.69) is 0 Å². The Kier molecular flexibility index (Phi) is 4.23. The Morgan fingerprint density at radius 3 is 2.75 bits per heavy atom. The number of hydrogen-bond acceptors (Lipinski definition) is 2. The first kappa shape index (κ1) is 12.9. The normalized spacial score (nSPS) is 9.62. The van der Waals surface area contributed by atoms with E-state index in [4.69, 9.17) is 4.42 Å². The van der Waals surface area contributed by atoms with Gasteiger partial charge in [0.05, 0.1) is 6.26 Å². The quantitative estimate of drug-likeness (QED) is 0.388. The van der Waals surface area contributed by atoms with Gasteiger partial charge in [-0.2, -0.15) is 4.57 Å². The number of pyridine rings is 1. The van der Waals surface area contributed by atoms with Crippen LogP contribution in [0, 0.1) is 6.92 Å². The van der Waals surface area contributed by atoms with E-state index in [9.17, 15) is 4.79 Å². The van der Waals surface area contributed by atoms with Gasteiger partial charge in [0.1, 0.15) is 7.05 Å². The number of ketones is 1. The Morgan fingerprint density at radius 2 is 2.12 bits per heavy atom. The average molecular weight is 329 g/mol. The van der Waals surface area contributed by atoms with Gasteiger partial charge < -0.3 is 28.4 Å². The molecule has 2 heterocycles. The second kappa shape index (κ2) is 5.25. The highest BCUT2D eigenvalue weighted by Gasteiger charge is 2.20. The summed E-state index contributed by atoms with van der Waals surface area (Å²) < 4.78 is 6.87. The molecule has 84 valence electrons. The number of aryl methyl sites for hydroxylation is 2. The number of hydrogen-bond donors (Lipinski definition) is 0. The number of aromatic nitrogens is 1. The summed E-state index contributed by atoms with van der Waals surface area (Å²) in [6, 6.07) is 7.19. The van der Waals surface area contributed by atoms with E-state index in [0.717, 1.165) is 5.56 Å². The molecule has 0 saturated carbocycles. The number of carbonyl (C=O) groups is 1. The van der Waals surface area contributed by atoms with Crippen LogP contribution in [-0.2, 0) is 7.05 Å². The molecule has 0 saturated heterocycles. The Bertz CT molecular complexity index is 492. The smallest absolute Gasteiger partial charge is 0.291 e. The van der Waals surface area contributed by atoms with Crippen LogP contribution in [-0.4, -0.2) is 5.78 Å². The number of carbonyl (C=O) groups excluding carboxylic acids is 1. The summed E-state index contributed by atoms with van der Waals surface area (Å²) in [5.74, 6) is 0.280. The van der Waals surface area contributed by atoms with Crippen molar-refractivity contribution in [2.45, 2.75) is 6.92 Å². The van der Waals surface area contributed by atoms with Gasteiger partial charge in [-0.25, -0.2) is 0 Å². The van der Waals surface area contributed by atoms with Crippen LogP contribution in [0.25, 0.3) is 0 Å². The van der Waals surface area contributed by atoms with Crippen LogP contribution >= 0.6 is 0 Å². The maximum Gasteiger partial charge on any atom is 0.291 e. The molecule has 0 aliphatic heterocycles. The standard InChI is InChI=1S/C12H12NO2.HI/c1-9-5-6-13(2)10(8-9)12(14)11-4-3-7-15-11;/h3-8H,1-2H3;1H/q+1;/p-1. The summed E-state index contributed by atoms with van der Waals surface area (Å²) in [7, 11) is 1.84. The van der Waals surface area contributed by atoms with Crippen molar-refractivity contribution >= 4 is 5.78 Å². The summed E-state index contributed by atoms with van der Waals surface area (Å²) in [6.07, 6.45) is 3.37. The van der Waals surface area contributed by atoms with Crippen molar-refractivity contribution in [1.29, 1.82) is 0 Å². The highest BCUT2D eigenvalue weighted by atomic mass is 127. The zero-order valence-electron chi connectivity index (χ0n) is 9.11. The minimum Gasteiger partial charge on any atom is -1.00 e. The van der Waals surface area contributed by atoms with Gasteiger partial charge in [-0.3, -0.25) is 4.79 Å². The zero-order chi connectivity index (χ0) is 10.8. The number of rotatable bonds is 2. The van der Waals surface area contributed by atoms with E-state index < -0.39 is 0 Å². The Hall–Kier alpha value is -1.17. The van der Waals surface area contributed by atoms with Crippen LogP contribution < -0.4 is 28.5 Å². The predicted octanol–water partition coefficient (Wildman–Crippen LogP) is -1.35. The summed E-state index contributed by atoms with van der Waals surface area (Å²) >= 11 is 0. The van der Waals surface area contributed by atoms with Gasteiger partial charge in [-0.15, -0.1) is 0 Å². The van der Waals surface area contributed by atoms with Gasteiger partial charge in [-0.05, 0) is 24.6 Å². The van der Waals surface area contributed by atoms with Crippen molar-refractivity contribution in [2.24, 2.45) is 7.05 Å². The van der Waals surface area contributed by atoms with E-state index in [1.165, 1.54) is 6.26 Å². The van der Waals surface area contributed by atoms with Crippen molar-refractivity contribution < 1.29 is 37.8 Å². The fraction of sp³-hybridized carbons (Fsp3) is 0.167. The molecule has 0 N–H and O–H groups in total. The second-order valence-corrected chi connectivity index (χ2v) is 3.51. The van der Waals surface area contributed by atoms with E-state index in [0.29, 0.717) is 11.5 Å². The van der Waals surface area contributed by atoms with Crippen molar-refractivity contribution in [1.82, 2.24) is 0 Å². The van der Waals surface area contributed by atoms with E-state index >= 15 is 0 Å². The molecule has 0 unspecified atom stereocenters. The fourth-order valence-corrected chi connectivity index (χ4v) is 1.43. The molecule has 0 aliphatic carbocycles. The van der Waals surface area contributed by atoms with Crippen molar-refractivity contribution in [3.63, 3.8) is 0 Å². The molecule has 3 nitrogen and oxygen atoms in total. The van der Waals surface area contributed by atoms with Crippen molar-refractivity contribution in [2.75, 3.05) is 0 Å². The SMILES string of the molecule is Cc1cc[n+](C)c(C(=O)c2ccco2)c1.[I-]. The average Bonchev–Trinajstić information content (AvgIpc) is 2.74. The van der Waals surface area contributed by atoms with Gasteiger partial charge >= 0.3 is 0 Å². The second-order valence-electron chi connectivity index (χ2n) is 3.51. The Morgan fingerprint density at radius 1 is 1.38 bits per heavy atom. The van der Waals surface area contributed by atoms with Crippen LogP contribution in [0.5, 0.6) is 0 Å². The Labute approximate surface area is 111 Å². The molecule has 0 bridgehead atoms. The van der Waals surface area contributed by atoms with E-state index in [1.807, 2.05) is 32.3 Å². The highest BCUT2D eigenvalue weighted by Crippen LogP contribution is 2.08. The molecule has 0 amide bonds. The molecule has 0 aromatic carbocycles. The molecule has 0 atom stereocenters. The molecule has 16 heavy (non-hydrogen) atoms. The van der Waals surface area contributed by atoms with E-state index in [1.54, 1.807) is 16.7 Å². The first-order chi connectivity index (χ1) is 7.18. The largest absolute Gasteiger partial charge is 1.00 e. The molecule has 2 aromatic heterocycles. The molecule has 2 rings (SSSR count). The lowest BCUT2D eigenvalue weighted by Gasteiger charge is -1.97. The molecule has 2 aromatic rings. The minimum atomic E-state index is -0.0915. The summed E-state index contributed by atoms with van der Waals surface area (Å²) in [5.41, 5.74) is 1.69. The van der Waals surface area contributed by atoms with Gasteiger partial charge in [-0.1, -0.05) is 0 Å². The van der Waals surface area contributed by atoms with Crippen LogP contribution in [0.1, 0.15) is 21.8 Å². The van der Waals surface area contributed by atoms with Gasteiger partial charge in [0.15, 0.2) is 12.0 Å². The van der Waals surface area contributed by atoms with Crippen molar-refractivity contribution in [3.05, 3.63) is 53.7 Å². The van der Waals surface area contributed by atoms with Gasteiger partial charge in [0.25, 0.3) is 11.5 Å². The molecule has 0 radical (unpaired) electrons. The third-order valence-electron chi connectivity index (χ3n) is 2.28. The lowest BCUT2D eigenvalue weighted by Crippen LogP contribution is -3.00. The number of halogens is 1. The molecule has 0 spiro atoms. The molecular weight excluding hydrogens is 317 g/mol. The first-order valence-corrected chi connectivity index (χ1v) is 4.73. The molecular formula is C12H12INO2. The van der Waals surface area contributed by atoms with Crippen LogP contribution in [0.2, 0.25) is 0 Å². The monoisotopic (exact) mass is 329 g/mol. The van der Waals surface area contributed by atoms with E-state index in [-0.39, 0.29) is 29.8 Å². The first-order valence-electron chi connectivity index (χ1n) is 4.73. The maximum atomic E-state index is 12.0. The minimum absolute atomic E-state index is 0. The summed E-state index contributed by atoms with van der Waals surface area (Å²) in [5, 5.41) is 0. The van der Waals surface area contributed by atoms with Gasteiger partial charge in [0.2, 0.25) is 0 Å². The van der Waals surface area contributed by atoms with Crippen LogP contribution in [0.15, 0.2) is 41.1 Å². The molecule has 0 aliphatic rings. The topological polar surface area (TPSA) is 34.1 Å². The fourth-order valence-electron chi connectivity index (χ4n) is 1.43. The highest BCUT2D eigenvalue weighted by molar-refractivity contribution is 6.04. The summed E-state index contributed by atoms with van der Waals surface area (Å²) in [6.45, 7) is 1.96. The maximum absolute atomic E-state index is 12.0. The number of nitrogens with zero attached hydrogens (tertiary/aromatic N) is 1.